The van der Waals surface area contributed by atoms with Gasteiger partial charge in [0.25, 0.3) is 0 Å². The van der Waals surface area contributed by atoms with Crippen molar-refractivity contribution < 1.29 is 0 Å². The summed E-state index contributed by atoms with van der Waals surface area (Å²) in [5.41, 5.74) is 8.47. The molecule has 0 saturated heterocycles. The minimum Gasteiger partial charge on any atom is -0.307 e. The summed E-state index contributed by atoms with van der Waals surface area (Å²) in [4.78, 5) is 0. The predicted octanol–water partition coefficient (Wildman–Crippen LogP) is 11.9. The topological polar surface area (TPSA) is 4.93 Å². The highest BCUT2D eigenvalue weighted by molar-refractivity contribution is 7.26. The second-order valence-corrected chi connectivity index (χ2v) is 19.7. The van der Waals surface area contributed by atoms with Gasteiger partial charge in [-0.25, -0.2) is 0 Å². The molecule has 0 atom stereocenters. The van der Waals surface area contributed by atoms with E-state index in [1.807, 2.05) is 11.3 Å². The lowest BCUT2D eigenvalue weighted by atomic mass is 9.95. The van der Waals surface area contributed by atoms with Crippen LogP contribution in [0.15, 0.2) is 224 Å². The number of fused-ring (bicyclic) bond motifs is 7. The van der Waals surface area contributed by atoms with Crippen LogP contribution in [0.25, 0.3) is 69.9 Å². The van der Waals surface area contributed by atoms with E-state index in [-0.39, 0.29) is 0 Å². The maximum Gasteiger partial charge on any atom is 0.179 e. The summed E-state index contributed by atoms with van der Waals surface area (Å²) in [5, 5.41) is 10.6. The Morgan fingerprint density at radius 3 is 1.35 bits per heavy atom. The third-order valence-electron chi connectivity index (χ3n) is 11.7. The van der Waals surface area contributed by atoms with Gasteiger partial charge in [0.1, 0.15) is 0 Å². The smallest absolute Gasteiger partial charge is 0.179 e. The number of aromatic nitrogens is 1. The molecule has 0 amide bonds. The summed E-state index contributed by atoms with van der Waals surface area (Å²) < 4.78 is 5.22. The van der Waals surface area contributed by atoms with Gasteiger partial charge in [-0.05, 0) is 50.1 Å². The van der Waals surface area contributed by atoms with Crippen molar-refractivity contribution in [3.63, 3.8) is 0 Å². The van der Waals surface area contributed by atoms with E-state index in [1.54, 1.807) is 0 Å². The van der Waals surface area contributed by atoms with Gasteiger partial charge in [-0.3, -0.25) is 0 Å². The second kappa shape index (κ2) is 13.8. The summed E-state index contributed by atoms with van der Waals surface area (Å²) in [6, 6.07) is 83.7. The maximum absolute atomic E-state index is 2.92. The van der Waals surface area contributed by atoms with Gasteiger partial charge in [0, 0.05) is 42.1 Å². The van der Waals surface area contributed by atoms with Crippen molar-refractivity contribution in [1.82, 2.24) is 4.57 Å². The normalized spacial score (nSPS) is 11.9. The van der Waals surface area contributed by atoms with E-state index in [0.717, 1.165) is 0 Å². The molecule has 11 aromatic rings. The van der Waals surface area contributed by atoms with E-state index in [0.29, 0.717) is 0 Å². The molecule has 0 aliphatic heterocycles. The quantitative estimate of drug-likeness (QED) is 0.113. The lowest BCUT2D eigenvalue weighted by Crippen LogP contribution is -2.74. The average molecular weight is 760 g/mol. The zero-order valence-corrected chi connectivity index (χ0v) is 33.0. The summed E-state index contributed by atoms with van der Waals surface area (Å²) in [5.74, 6) is 0. The van der Waals surface area contributed by atoms with Gasteiger partial charge in [-0.1, -0.05) is 206 Å². The molecule has 2 heterocycles. The van der Waals surface area contributed by atoms with Crippen molar-refractivity contribution in [1.29, 1.82) is 0 Å². The first kappa shape index (κ1) is 33.5. The molecule has 0 bridgehead atoms. The SMILES string of the molecule is c1ccc(-c2cc([Si](c3ccccc3)(c3ccccc3)c3ccccc3)cc(-c3ccccc3)c2-n2c3ccccc3c3ccc4sc5ccccc5c4c32)cc1. The van der Waals surface area contributed by atoms with Crippen molar-refractivity contribution in [2.45, 2.75) is 0 Å². The van der Waals surface area contributed by atoms with Gasteiger partial charge >= 0.3 is 0 Å². The van der Waals surface area contributed by atoms with Crippen LogP contribution in [0.2, 0.25) is 0 Å². The standard InChI is InChI=1S/C54H37NSSi/c1-6-20-38(21-7-1)47-36-43(57(40-24-10-3-11-25-40,41-26-12-4-13-27-41)42-28-14-5-15-29-42)37-48(39-22-8-2-9-23-39)53(47)55-49-32-18-16-30-44(49)45-34-35-51-52(54(45)55)46-31-17-19-33-50(46)56-51/h1-37H. The lowest BCUT2D eigenvalue weighted by molar-refractivity contribution is 1.19. The number of nitrogens with zero attached hydrogens (tertiary/aromatic N) is 1. The van der Waals surface area contributed by atoms with Gasteiger partial charge in [0.2, 0.25) is 0 Å². The molecule has 11 rings (SSSR count). The highest BCUT2D eigenvalue weighted by Crippen LogP contribution is 2.46. The second-order valence-electron chi connectivity index (χ2n) is 14.8. The summed E-state index contributed by atoms with van der Waals surface area (Å²) >= 11 is 1.88. The number of rotatable bonds is 7. The zero-order valence-electron chi connectivity index (χ0n) is 31.2. The lowest BCUT2D eigenvalue weighted by Gasteiger charge is -2.36. The Hall–Kier alpha value is -6.78. The van der Waals surface area contributed by atoms with Crippen LogP contribution in [-0.2, 0) is 0 Å². The average Bonchev–Trinajstić information content (AvgIpc) is 3.84. The van der Waals surface area contributed by atoms with Gasteiger partial charge in [0.15, 0.2) is 8.07 Å². The molecule has 0 aliphatic rings. The molecular weight excluding hydrogens is 723 g/mol. The number of benzene rings is 9. The molecule has 0 fully saturated rings. The fourth-order valence-electron chi connectivity index (χ4n) is 9.33. The summed E-state index contributed by atoms with van der Waals surface area (Å²) in [6.45, 7) is 0. The van der Waals surface area contributed by atoms with Crippen LogP contribution in [0, 0.1) is 0 Å². The Bertz CT molecular complexity index is 3050. The number of para-hydroxylation sites is 1. The fraction of sp³-hybridized carbons (Fsp3) is 0. The van der Waals surface area contributed by atoms with Crippen molar-refractivity contribution in [3.8, 4) is 27.9 Å². The zero-order chi connectivity index (χ0) is 37.8. The molecule has 0 spiro atoms. The van der Waals surface area contributed by atoms with Crippen molar-refractivity contribution in [2.24, 2.45) is 0 Å². The molecule has 0 aliphatic carbocycles. The highest BCUT2D eigenvalue weighted by atomic mass is 32.1. The number of hydrogen-bond acceptors (Lipinski definition) is 1. The first-order chi connectivity index (χ1) is 28.3. The molecule has 268 valence electrons. The van der Waals surface area contributed by atoms with E-state index in [4.69, 9.17) is 0 Å². The first-order valence-corrected chi connectivity index (χ1v) is 22.4. The molecule has 0 radical (unpaired) electrons. The maximum atomic E-state index is 2.61. The molecule has 0 unspecified atom stereocenters. The third kappa shape index (κ3) is 5.28. The molecule has 2 aromatic heterocycles. The van der Waals surface area contributed by atoms with Gasteiger partial charge in [-0.2, -0.15) is 0 Å². The van der Waals surface area contributed by atoms with Crippen LogP contribution in [0.3, 0.4) is 0 Å². The van der Waals surface area contributed by atoms with Crippen LogP contribution in [0.4, 0.5) is 0 Å². The minimum absolute atomic E-state index is 1.19. The van der Waals surface area contributed by atoms with E-state index >= 15 is 0 Å². The Balaban J connectivity index is 1.38. The van der Waals surface area contributed by atoms with E-state index in [2.05, 4.69) is 229 Å². The van der Waals surface area contributed by atoms with Crippen LogP contribution in [0.5, 0.6) is 0 Å². The fourth-order valence-corrected chi connectivity index (χ4v) is 15.2. The van der Waals surface area contributed by atoms with Gasteiger partial charge < -0.3 is 4.57 Å². The van der Waals surface area contributed by atoms with Gasteiger partial charge in [-0.15, -0.1) is 11.3 Å². The predicted molar refractivity (Wildman–Crippen MR) is 248 cm³/mol. The third-order valence-corrected chi connectivity index (χ3v) is 17.6. The molecule has 0 saturated carbocycles. The Morgan fingerprint density at radius 2 is 0.807 bits per heavy atom. The van der Waals surface area contributed by atoms with Gasteiger partial charge in [0.05, 0.1) is 16.7 Å². The summed E-state index contributed by atoms with van der Waals surface area (Å²) in [6.07, 6.45) is 0. The molecule has 3 heteroatoms. The van der Waals surface area contributed by atoms with E-state index in [9.17, 15) is 0 Å². The number of hydrogen-bond donors (Lipinski definition) is 0. The highest BCUT2D eigenvalue weighted by Gasteiger charge is 2.42. The monoisotopic (exact) mass is 759 g/mol. The number of thiophene rings is 1. The van der Waals surface area contributed by atoms with Crippen LogP contribution >= 0.6 is 11.3 Å². The van der Waals surface area contributed by atoms with E-state index in [1.165, 1.54) is 90.7 Å². The van der Waals surface area contributed by atoms with Crippen molar-refractivity contribution in [3.05, 3.63) is 224 Å². The Labute approximate surface area is 337 Å². The molecule has 9 aromatic carbocycles. The molecule has 1 nitrogen and oxygen atoms in total. The molecule has 57 heavy (non-hydrogen) atoms. The van der Waals surface area contributed by atoms with Crippen molar-refractivity contribution in [2.75, 3.05) is 0 Å². The molecule has 0 N–H and O–H groups in total. The summed E-state index contributed by atoms with van der Waals surface area (Å²) in [7, 11) is -2.92. The van der Waals surface area contributed by atoms with Crippen LogP contribution in [0.1, 0.15) is 0 Å². The van der Waals surface area contributed by atoms with Crippen LogP contribution < -0.4 is 20.7 Å². The van der Waals surface area contributed by atoms with Crippen molar-refractivity contribution >= 4 is 82.1 Å². The van der Waals surface area contributed by atoms with E-state index < -0.39 is 8.07 Å². The first-order valence-electron chi connectivity index (χ1n) is 19.6. The molecular formula is C54H37NSSi. The Morgan fingerprint density at radius 1 is 0.351 bits per heavy atom. The minimum atomic E-state index is -2.92. The van der Waals surface area contributed by atoms with Crippen LogP contribution in [-0.4, -0.2) is 12.6 Å². The largest absolute Gasteiger partial charge is 0.307 e. The Kier molecular flexibility index (Phi) is 8.09.